The van der Waals surface area contributed by atoms with Crippen LogP contribution in [0.4, 0.5) is 5.69 Å². The maximum atomic E-state index is 11.7. The average molecular weight is 296 g/mol. The number of rotatable bonds is 3. The summed E-state index contributed by atoms with van der Waals surface area (Å²) in [5, 5.41) is 7.61. The van der Waals surface area contributed by atoms with Gasteiger partial charge in [0.25, 0.3) is 0 Å². The van der Waals surface area contributed by atoms with Gasteiger partial charge >= 0.3 is 0 Å². The van der Waals surface area contributed by atoms with Gasteiger partial charge in [0.05, 0.1) is 16.9 Å². The third kappa shape index (κ3) is 3.84. The summed E-state index contributed by atoms with van der Waals surface area (Å²) in [6.07, 6.45) is 6.54. The lowest BCUT2D eigenvalue weighted by molar-refractivity contribution is -0.111. The number of carbonyl (C=O) groups excluding carboxylic acids is 1. The highest BCUT2D eigenvalue weighted by atomic mass is 35.5. The van der Waals surface area contributed by atoms with E-state index in [-0.39, 0.29) is 5.91 Å². The highest BCUT2D eigenvalue weighted by molar-refractivity contribution is 6.35. The van der Waals surface area contributed by atoms with Gasteiger partial charge in [-0.3, -0.25) is 9.48 Å². The highest BCUT2D eigenvalue weighted by Crippen LogP contribution is 2.25. The van der Waals surface area contributed by atoms with E-state index in [1.165, 1.54) is 6.08 Å². The number of nitrogens with one attached hydrogen (secondary N) is 1. The molecule has 1 aromatic heterocycles. The normalized spacial score (nSPS) is 10.9. The van der Waals surface area contributed by atoms with Crippen LogP contribution >= 0.6 is 23.2 Å². The minimum absolute atomic E-state index is 0.284. The maximum Gasteiger partial charge on any atom is 0.248 e. The number of aromatic nitrogens is 2. The van der Waals surface area contributed by atoms with E-state index in [1.807, 2.05) is 7.05 Å². The fourth-order valence-electron chi connectivity index (χ4n) is 1.47. The quantitative estimate of drug-likeness (QED) is 0.883. The Morgan fingerprint density at radius 3 is 2.89 bits per heavy atom. The molecule has 0 fully saturated rings. The number of aryl methyl sites for hydroxylation is 1. The molecule has 0 saturated heterocycles. The van der Waals surface area contributed by atoms with Gasteiger partial charge in [0.2, 0.25) is 5.91 Å². The Labute approximate surface area is 120 Å². The van der Waals surface area contributed by atoms with E-state index in [4.69, 9.17) is 23.2 Å². The Hall–Kier alpha value is -1.78. The summed E-state index contributed by atoms with van der Waals surface area (Å²) in [6.45, 7) is 0. The van der Waals surface area contributed by atoms with Crippen molar-refractivity contribution in [2.75, 3.05) is 5.32 Å². The number of hydrogen-bond acceptors (Lipinski definition) is 2. The van der Waals surface area contributed by atoms with Crippen molar-refractivity contribution < 1.29 is 4.79 Å². The van der Waals surface area contributed by atoms with Crippen molar-refractivity contribution in [2.45, 2.75) is 0 Å². The number of benzene rings is 1. The lowest BCUT2D eigenvalue weighted by Gasteiger charge is -2.04. The number of hydrogen-bond donors (Lipinski definition) is 1. The Bertz CT molecular complexity index is 635. The zero-order valence-corrected chi connectivity index (χ0v) is 11.6. The second kappa shape index (κ2) is 5.91. The maximum absolute atomic E-state index is 11.7. The van der Waals surface area contributed by atoms with Crippen LogP contribution in [-0.2, 0) is 11.8 Å². The van der Waals surface area contributed by atoms with Gasteiger partial charge in [0.1, 0.15) is 0 Å². The molecule has 98 valence electrons. The van der Waals surface area contributed by atoms with Crippen molar-refractivity contribution in [2.24, 2.45) is 7.05 Å². The molecule has 0 aliphatic heterocycles. The third-order valence-corrected chi connectivity index (χ3v) is 2.90. The fourth-order valence-corrected chi connectivity index (χ4v) is 1.80. The molecular formula is C13H11Cl2N3O. The van der Waals surface area contributed by atoms with Crippen LogP contribution in [0.1, 0.15) is 5.56 Å². The molecule has 2 aromatic rings. The summed E-state index contributed by atoms with van der Waals surface area (Å²) < 4.78 is 1.66. The monoisotopic (exact) mass is 295 g/mol. The molecule has 0 aliphatic carbocycles. The molecule has 0 unspecified atom stereocenters. The van der Waals surface area contributed by atoms with Crippen LogP contribution in [-0.4, -0.2) is 15.7 Å². The van der Waals surface area contributed by atoms with Crippen molar-refractivity contribution in [3.63, 3.8) is 0 Å². The highest BCUT2D eigenvalue weighted by Gasteiger charge is 2.04. The molecule has 1 heterocycles. The van der Waals surface area contributed by atoms with E-state index in [0.717, 1.165) is 5.56 Å². The zero-order valence-electron chi connectivity index (χ0n) is 10.1. The molecule has 19 heavy (non-hydrogen) atoms. The van der Waals surface area contributed by atoms with Crippen LogP contribution in [0.15, 0.2) is 36.7 Å². The van der Waals surface area contributed by atoms with Gasteiger partial charge in [0, 0.05) is 29.9 Å². The predicted octanol–water partition coefficient (Wildman–Crippen LogP) is 3.38. The predicted molar refractivity (Wildman–Crippen MR) is 77.3 cm³/mol. The van der Waals surface area contributed by atoms with E-state index in [1.54, 1.807) is 41.4 Å². The Kier molecular flexibility index (Phi) is 4.24. The SMILES string of the molecule is Cn1cc(/C=C/C(=O)Nc2cc(Cl)ccc2Cl)cn1. The van der Waals surface area contributed by atoms with Gasteiger partial charge in [-0.05, 0) is 24.3 Å². The van der Waals surface area contributed by atoms with Gasteiger partial charge in [-0.2, -0.15) is 5.10 Å². The first kappa shape index (κ1) is 13.6. The second-order valence-corrected chi connectivity index (χ2v) is 4.74. The van der Waals surface area contributed by atoms with Crippen LogP contribution in [0.25, 0.3) is 6.08 Å². The summed E-state index contributed by atoms with van der Waals surface area (Å²) in [7, 11) is 1.81. The molecule has 2 rings (SSSR count). The topological polar surface area (TPSA) is 46.9 Å². The largest absolute Gasteiger partial charge is 0.321 e. The second-order valence-electron chi connectivity index (χ2n) is 3.89. The van der Waals surface area contributed by atoms with Crippen molar-refractivity contribution in [1.82, 2.24) is 9.78 Å². The molecule has 0 atom stereocenters. The number of anilines is 1. The zero-order chi connectivity index (χ0) is 13.8. The minimum Gasteiger partial charge on any atom is -0.321 e. The first-order valence-corrected chi connectivity index (χ1v) is 6.23. The van der Waals surface area contributed by atoms with Crippen molar-refractivity contribution in [1.29, 1.82) is 0 Å². The van der Waals surface area contributed by atoms with Gasteiger partial charge in [-0.25, -0.2) is 0 Å². The van der Waals surface area contributed by atoms with Crippen LogP contribution in [0.2, 0.25) is 10.0 Å². The van der Waals surface area contributed by atoms with Gasteiger partial charge < -0.3 is 5.32 Å². The van der Waals surface area contributed by atoms with Gasteiger partial charge in [-0.15, -0.1) is 0 Å². The van der Waals surface area contributed by atoms with Crippen LogP contribution < -0.4 is 5.32 Å². The molecule has 6 heteroatoms. The summed E-state index contributed by atoms with van der Waals surface area (Å²) in [6, 6.07) is 4.88. The van der Waals surface area contributed by atoms with E-state index < -0.39 is 0 Å². The molecule has 0 radical (unpaired) electrons. The van der Waals surface area contributed by atoms with E-state index in [9.17, 15) is 4.79 Å². The molecule has 0 spiro atoms. The van der Waals surface area contributed by atoms with Crippen molar-refractivity contribution >= 4 is 40.9 Å². The first-order chi connectivity index (χ1) is 9.04. The lowest BCUT2D eigenvalue weighted by atomic mass is 10.3. The number of carbonyl (C=O) groups is 1. The van der Waals surface area contributed by atoms with Crippen molar-refractivity contribution in [3.05, 3.63) is 52.3 Å². The molecular weight excluding hydrogens is 285 g/mol. The Balaban J connectivity index is 2.05. The van der Waals surface area contributed by atoms with Crippen LogP contribution in [0.3, 0.4) is 0 Å². The van der Waals surface area contributed by atoms with E-state index >= 15 is 0 Å². The lowest BCUT2D eigenvalue weighted by Crippen LogP contribution is -2.08. The Morgan fingerprint density at radius 1 is 1.42 bits per heavy atom. The van der Waals surface area contributed by atoms with Crippen LogP contribution in [0, 0.1) is 0 Å². The molecule has 0 saturated carbocycles. The third-order valence-electron chi connectivity index (χ3n) is 2.34. The Morgan fingerprint density at radius 2 is 2.21 bits per heavy atom. The minimum atomic E-state index is -0.284. The van der Waals surface area contributed by atoms with Gasteiger partial charge in [0.15, 0.2) is 0 Å². The van der Waals surface area contributed by atoms with E-state index in [2.05, 4.69) is 10.4 Å². The fraction of sp³-hybridized carbons (Fsp3) is 0.0769. The number of nitrogens with zero attached hydrogens (tertiary/aromatic N) is 2. The summed E-state index contributed by atoms with van der Waals surface area (Å²) in [5.41, 5.74) is 1.32. The van der Waals surface area contributed by atoms with Crippen LogP contribution in [0.5, 0.6) is 0 Å². The summed E-state index contributed by atoms with van der Waals surface area (Å²) in [5.74, 6) is -0.284. The van der Waals surface area contributed by atoms with E-state index in [0.29, 0.717) is 15.7 Å². The van der Waals surface area contributed by atoms with Crippen molar-refractivity contribution in [3.8, 4) is 0 Å². The number of amides is 1. The molecule has 4 nitrogen and oxygen atoms in total. The average Bonchev–Trinajstić information content (AvgIpc) is 2.77. The molecule has 1 N–H and O–H groups in total. The standard InChI is InChI=1S/C13H11Cl2N3O/c1-18-8-9(7-16-18)2-5-13(19)17-12-6-10(14)3-4-11(12)15/h2-8H,1H3,(H,17,19)/b5-2+. The number of halogens is 2. The first-order valence-electron chi connectivity index (χ1n) is 5.47. The molecule has 0 bridgehead atoms. The molecule has 1 amide bonds. The smallest absolute Gasteiger partial charge is 0.248 e. The van der Waals surface area contributed by atoms with Gasteiger partial charge in [-0.1, -0.05) is 23.2 Å². The summed E-state index contributed by atoms with van der Waals surface area (Å²) in [4.78, 5) is 11.7. The molecule has 0 aliphatic rings. The molecule has 1 aromatic carbocycles. The summed E-state index contributed by atoms with van der Waals surface area (Å²) >= 11 is 11.8.